The van der Waals surface area contributed by atoms with Gasteiger partial charge in [0.15, 0.2) is 5.11 Å². The van der Waals surface area contributed by atoms with E-state index in [0.29, 0.717) is 21.9 Å². The van der Waals surface area contributed by atoms with Gasteiger partial charge in [0.2, 0.25) is 0 Å². The van der Waals surface area contributed by atoms with Gasteiger partial charge < -0.3 is 19.8 Å². The highest BCUT2D eigenvalue weighted by molar-refractivity contribution is 7.80. The van der Waals surface area contributed by atoms with E-state index in [1.54, 1.807) is 48.5 Å². The number of hydrogen-bond acceptors (Lipinski definition) is 5. The molecule has 0 aliphatic carbocycles. The van der Waals surface area contributed by atoms with Gasteiger partial charge in [0, 0.05) is 22.8 Å². The smallest absolute Gasteiger partial charge is 0.419 e. The lowest BCUT2D eigenvalue weighted by molar-refractivity contribution is 0.203. The maximum absolute atomic E-state index is 12.2. The quantitative estimate of drug-likeness (QED) is 0.319. The monoisotopic (exact) mass is 456 g/mol. The molecule has 1 atom stereocenters. The first-order valence-electron chi connectivity index (χ1n) is 10.2. The molecule has 0 bridgehead atoms. The van der Waals surface area contributed by atoms with E-state index in [1.165, 1.54) is 0 Å². The Kier molecular flexibility index (Phi) is 6.53. The highest BCUT2D eigenvalue weighted by atomic mass is 32.1. The summed E-state index contributed by atoms with van der Waals surface area (Å²) < 4.78 is 10.7. The van der Waals surface area contributed by atoms with Crippen molar-refractivity contribution in [2.45, 2.75) is 13.0 Å². The second-order valence-electron chi connectivity index (χ2n) is 7.25. The van der Waals surface area contributed by atoms with Crippen molar-refractivity contribution in [3.05, 3.63) is 90.0 Å². The van der Waals surface area contributed by atoms with Crippen LogP contribution in [-0.2, 0) is 0 Å². The molecule has 164 valence electrons. The first kappa shape index (κ1) is 21.9. The van der Waals surface area contributed by atoms with Gasteiger partial charge in [-0.15, -0.1) is 0 Å². The zero-order chi connectivity index (χ0) is 23.2. The lowest BCUT2D eigenvalue weighted by Gasteiger charge is -2.17. The number of fused-ring (bicyclic) bond motifs is 1. The second kappa shape index (κ2) is 9.85. The van der Waals surface area contributed by atoms with Crippen LogP contribution in [0.3, 0.4) is 0 Å². The highest BCUT2D eigenvalue weighted by Crippen LogP contribution is 2.25. The van der Waals surface area contributed by atoms with E-state index in [0.717, 1.165) is 16.6 Å². The molecule has 1 amide bonds. The molecule has 7 nitrogen and oxygen atoms in total. The normalized spacial score (nSPS) is 11.3. The number of anilines is 2. The molecule has 4 aromatic rings. The van der Waals surface area contributed by atoms with Crippen molar-refractivity contribution >= 4 is 45.8 Å². The molecule has 0 aliphatic heterocycles. The highest BCUT2D eigenvalue weighted by Gasteiger charge is 2.11. The molecule has 3 N–H and O–H groups in total. The van der Waals surface area contributed by atoms with E-state index in [4.69, 9.17) is 26.6 Å². The van der Waals surface area contributed by atoms with Crippen LogP contribution in [0.15, 0.2) is 83.3 Å². The van der Waals surface area contributed by atoms with E-state index in [-0.39, 0.29) is 12.0 Å². The summed E-state index contributed by atoms with van der Waals surface area (Å²) in [4.78, 5) is 12.2. The lowest BCUT2D eigenvalue weighted by atomic mass is 10.1. The van der Waals surface area contributed by atoms with E-state index in [1.807, 2.05) is 37.3 Å². The third-order valence-electron chi connectivity index (χ3n) is 4.87. The third kappa shape index (κ3) is 5.67. The standard InChI is InChI=1S/C25H20N4O3S/c1-16(18-8-6-17(15-26)7-9-18)27-24(33)28-20-10-12-21(13-11-20)29-25(30)32-23-14-19-4-2-3-5-22(19)31-23/h2-14,16H,1H3,(H,29,30)(H2,27,28,33). The maximum atomic E-state index is 12.2. The van der Waals surface area contributed by atoms with Crippen molar-refractivity contribution in [1.82, 2.24) is 5.32 Å². The van der Waals surface area contributed by atoms with Crippen molar-refractivity contribution in [2.24, 2.45) is 0 Å². The second-order valence-corrected chi connectivity index (χ2v) is 7.66. The van der Waals surface area contributed by atoms with Crippen molar-refractivity contribution in [2.75, 3.05) is 10.6 Å². The molecule has 3 aromatic carbocycles. The number of rotatable bonds is 5. The van der Waals surface area contributed by atoms with Crippen LogP contribution in [-0.4, -0.2) is 11.2 Å². The number of carbonyl (C=O) groups excluding carboxylic acids is 1. The van der Waals surface area contributed by atoms with Crippen LogP contribution in [0.25, 0.3) is 11.0 Å². The predicted molar refractivity (Wildman–Crippen MR) is 131 cm³/mol. The predicted octanol–water partition coefficient (Wildman–Crippen LogP) is 5.96. The fraction of sp³-hybridized carbons (Fsp3) is 0.0800. The molecule has 0 saturated carbocycles. The number of hydrogen-bond donors (Lipinski definition) is 3. The van der Waals surface area contributed by atoms with Crippen LogP contribution in [0.4, 0.5) is 16.2 Å². The van der Waals surface area contributed by atoms with Crippen LogP contribution in [0.1, 0.15) is 24.1 Å². The average Bonchev–Trinajstić information content (AvgIpc) is 3.22. The van der Waals surface area contributed by atoms with Gasteiger partial charge in [-0.05, 0) is 67.2 Å². The Hall–Kier alpha value is -4.35. The summed E-state index contributed by atoms with van der Waals surface area (Å²) in [6, 6.07) is 25.5. The number of para-hydroxylation sites is 1. The van der Waals surface area contributed by atoms with Crippen LogP contribution in [0.5, 0.6) is 5.95 Å². The van der Waals surface area contributed by atoms with Gasteiger partial charge >= 0.3 is 6.09 Å². The first-order valence-corrected chi connectivity index (χ1v) is 10.6. The van der Waals surface area contributed by atoms with Gasteiger partial charge in [0.25, 0.3) is 5.95 Å². The molecule has 1 heterocycles. The maximum Gasteiger partial charge on any atom is 0.419 e. The zero-order valence-electron chi connectivity index (χ0n) is 17.7. The largest absolute Gasteiger partial charge is 0.425 e. The molecule has 0 spiro atoms. The number of ether oxygens (including phenoxy) is 1. The van der Waals surface area contributed by atoms with Crippen LogP contribution in [0.2, 0.25) is 0 Å². The Labute approximate surface area is 196 Å². The van der Waals surface area contributed by atoms with Crippen molar-refractivity contribution < 1.29 is 13.9 Å². The molecule has 0 saturated heterocycles. The molecule has 0 radical (unpaired) electrons. The number of furan rings is 1. The number of carbonyl (C=O) groups is 1. The Morgan fingerprint density at radius 3 is 2.33 bits per heavy atom. The summed E-state index contributed by atoms with van der Waals surface area (Å²) in [6.45, 7) is 1.98. The van der Waals surface area contributed by atoms with E-state index >= 15 is 0 Å². The van der Waals surface area contributed by atoms with Crippen molar-refractivity contribution in [1.29, 1.82) is 5.26 Å². The van der Waals surface area contributed by atoms with Crippen molar-refractivity contribution in [3.63, 3.8) is 0 Å². The molecule has 0 aliphatic rings. The summed E-state index contributed by atoms with van der Waals surface area (Å²) >= 11 is 5.39. The molecular formula is C25H20N4O3S. The molecule has 1 aromatic heterocycles. The number of nitriles is 1. The topological polar surface area (TPSA) is 99.3 Å². The van der Waals surface area contributed by atoms with Crippen molar-refractivity contribution in [3.8, 4) is 12.0 Å². The van der Waals surface area contributed by atoms with Crippen LogP contribution < -0.4 is 20.7 Å². The summed E-state index contributed by atoms with van der Waals surface area (Å²) in [5.41, 5.74) is 3.60. The zero-order valence-corrected chi connectivity index (χ0v) is 18.5. The molecule has 1 unspecified atom stereocenters. The molecule has 33 heavy (non-hydrogen) atoms. The Bertz CT molecular complexity index is 1290. The summed E-state index contributed by atoms with van der Waals surface area (Å²) in [7, 11) is 0. The van der Waals surface area contributed by atoms with Crippen LogP contribution in [0, 0.1) is 11.3 Å². The van der Waals surface area contributed by atoms with Gasteiger partial charge in [-0.3, -0.25) is 5.32 Å². The van der Waals surface area contributed by atoms with Gasteiger partial charge in [0.05, 0.1) is 17.7 Å². The van der Waals surface area contributed by atoms with E-state index < -0.39 is 6.09 Å². The molecule has 4 rings (SSSR count). The Morgan fingerprint density at radius 2 is 1.67 bits per heavy atom. The average molecular weight is 457 g/mol. The number of amides is 1. The minimum Gasteiger partial charge on any atom is -0.425 e. The number of benzene rings is 3. The van der Waals surface area contributed by atoms with Gasteiger partial charge in [0.1, 0.15) is 5.58 Å². The number of thiocarbonyl (C=S) groups is 1. The summed E-state index contributed by atoms with van der Waals surface area (Å²) in [5, 5.41) is 19.2. The van der Waals surface area contributed by atoms with Gasteiger partial charge in [-0.1, -0.05) is 30.3 Å². The SMILES string of the molecule is CC(NC(=S)Nc1ccc(NC(=O)Oc2cc3ccccc3o2)cc1)c1ccc(C#N)cc1. The Balaban J connectivity index is 1.28. The fourth-order valence-corrected chi connectivity index (χ4v) is 3.47. The third-order valence-corrected chi connectivity index (χ3v) is 5.09. The number of nitrogens with one attached hydrogen (secondary N) is 3. The van der Waals surface area contributed by atoms with Crippen LogP contribution >= 0.6 is 12.2 Å². The van der Waals surface area contributed by atoms with E-state index in [9.17, 15) is 4.79 Å². The molecule has 0 fully saturated rings. The minimum absolute atomic E-state index is 0.0355. The van der Waals surface area contributed by atoms with Gasteiger partial charge in [-0.2, -0.15) is 5.26 Å². The van der Waals surface area contributed by atoms with Gasteiger partial charge in [-0.25, -0.2) is 4.79 Å². The summed E-state index contributed by atoms with van der Waals surface area (Å²) in [5.74, 6) is 0.125. The molecule has 8 heteroatoms. The van der Waals surface area contributed by atoms with E-state index in [2.05, 4.69) is 22.0 Å². The fourth-order valence-electron chi connectivity index (χ4n) is 3.17. The molecular weight excluding hydrogens is 436 g/mol. The Morgan fingerprint density at radius 1 is 1.00 bits per heavy atom. The summed E-state index contributed by atoms with van der Waals surface area (Å²) in [6.07, 6.45) is -0.650. The lowest BCUT2D eigenvalue weighted by Crippen LogP contribution is -2.30. The number of nitrogens with zero attached hydrogens (tertiary/aromatic N) is 1. The first-order chi connectivity index (χ1) is 16.0. The minimum atomic E-state index is -0.650.